The van der Waals surface area contributed by atoms with Crippen molar-refractivity contribution in [1.29, 1.82) is 0 Å². The topological polar surface area (TPSA) is 40.5 Å². The Morgan fingerprint density at radius 2 is 1.94 bits per heavy atom. The summed E-state index contributed by atoms with van der Waals surface area (Å²) in [6, 6.07) is 24.4. The van der Waals surface area contributed by atoms with Crippen LogP contribution in [0.25, 0.3) is 10.2 Å². The first-order valence-corrected chi connectivity index (χ1v) is 13.1. The molecule has 1 fully saturated rings. The van der Waals surface area contributed by atoms with Gasteiger partial charge in [0.05, 0.1) is 21.9 Å². The highest BCUT2D eigenvalue weighted by molar-refractivity contribution is 8.14. The van der Waals surface area contributed by atoms with Gasteiger partial charge in [-0.05, 0) is 66.3 Å². The summed E-state index contributed by atoms with van der Waals surface area (Å²) in [6.07, 6.45) is 2.09. The number of thiazole rings is 1. The zero-order chi connectivity index (χ0) is 22.4. The number of hydrogen-bond donors (Lipinski definition) is 1. The van der Waals surface area contributed by atoms with E-state index in [-0.39, 0.29) is 0 Å². The van der Waals surface area contributed by atoms with Crippen LogP contribution in [0.3, 0.4) is 0 Å². The number of rotatable bonds is 5. The Hall–Kier alpha value is -2.83. The minimum atomic E-state index is 0.446. The Morgan fingerprint density at radius 1 is 1.09 bits per heavy atom. The van der Waals surface area contributed by atoms with Crippen LogP contribution in [-0.2, 0) is 12.8 Å². The molecule has 1 aliphatic heterocycles. The second-order valence-corrected chi connectivity index (χ2v) is 11.1. The number of aliphatic imine (C=N–C) groups is 1. The lowest BCUT2D eigenvalue weighted by Gasteiger charge is -2.21. The van der Waals surface area contributed by atoms with Gasteiger partial charge in [-0.1, -0.05) is 65.6 Å². The molecule has 2 aliphatic rings. The SMILES string of the molecule is Cc1ccc2nc(NCCc3ccc(N=C4SC5Cc6ccccc6[C@@H]5N4C)cc3)sc2c1. The second-order valence-electron chi connectivity index (χ2n) is 8.84. The third-order valence-electron chi connectivity index (χ3n) is 6.52. The molecule has 1 aliphatic carbocycles. The minimum Gasteiger partial charge on any atom is -0.361 e. The number of nitrogens with one attached hydrogen (secondary N) is 1. The molecule has 1 unspecified atom stereocenters. The number of thioether (sulfide) groups is 1. The number of benzene rings is 3. The quantitative estimate of drug-likeness (QED) is 0.357. The van der Waals surface area contributed by atoms with E-state index >= 15 is 0 Å². The van der Waals surface area contributed by atoms with E-state index in [1.807, 2.05) is 11.8 Å². The molecule has 1 saturated heterocycles. The van der Waals surface area contributed by atoms with Crippen molar-refractivity contribution in [3.05, 3.63) is 89.0 Å². The Labute approximate surface area is 202 Å². The summed E-state index contributed by atoms with van der Waals surface area (Å²) < 4.78 is 1.24. The van der Waals surface area contributed by atoms with E-state index in [1.54, 1.807) is 11.3 Å². The summed E-state index contributed by atoms with van der Waals surface area (Å²) in [5, 5.41) is 6.17. The third kappa shape index (κ3) is 4.02. The molecule has 166 valence electrons. The standard InChI is InChI=1S/C27H26N4S2/c1-17-7-12-22-23(15-17)32-26(30-22)28-14-13-18-8-10-20(11-9-18)29-27-31(2)25-21-6-4-3-5-19(21)16-24(25)33-27/h3-12,15,24-25H,13-14,16H2,1-2H3,(H,28,30)/t24?,25-/m0/s1. The monoisotopic (exact) mass is 470 g/mol. The molecule has 0 saturated carbocycles. The number of hydrogen-bond acceptors (Lipinski definition) is 5. The number of aryl methyl sites for hydroxylation is 1. The fourth-order valence-electron chi connectivity index (χ4n) is 4.81. The van der Waals surface area contributed by atoms with Crippen molar-refractivity contribution < 1.29 is 0 Å². The summed E-state index contributed by atoms with van der Waals surface area (Å²) in [7, 11) is 2.18. The van der Waals surface area contributed by atoms with E-state index in [1.165, 1.54) is 27.0 Å². The van der Waals surface area contributed by atoms with E-state index in [9.17, 15) is 0 Å². The molecule has 6 heteroatoms. The zero-order valence-electron chi connectivity index (χ0n) is 18.8. The number of fused-ring (bicyclic) bond motifs is 4. The van der Waals surface area contributed by atoms with Gasteiger partial charge in [-0.3, -0.25) is 0 Å². The van der Waals surface area contributed by atoms with Crippen LogP contribution in [0.4, 0.5) is 10.8 Å². The molecule has 0 bridgehead atoms. The molecule has 1 aromatic heterocycles. The Bertz CT molecular complexity index is 1340. The lowest BCUT2D eigenvalue weighted by atomic mass is 10.1. The smallest absolute Gasteiger partial charge is 0.183 e. The normalized spacial score (nSPS) is 20.4. The summed E-state index contributed by atoms with van der Waals surface area (Å²) in [4.78, 5) is 12.0. The second kappa shape index (κ2) is 8.50. The number of amidine groups is 1. The molecule has 33 heavy (non-hydrogen) atoms. The summed E-state index contributed by atoms with van der Waals surface area (Å²) >= 11 is 3.64. The molecule has 6 rings (SSSR count). The van der Waals surface area contributed by atoms with Crippen molar-refractivity contribution in [3.8, 4) is 0 Å². The van der Waals surface area contributed by atoms with Crippen molar-refractivity contribution in [1.82, 2.24) is 9.88 Å². The lowest BCUT2D eigenvalue weighted by Crippen LogP contribution is -2.23. The maximum atomic E-state index is 4.98. The van der Waals surface area contributed by atoms with Crippen molar-refractivity contribution in [2.45, 2.75) is 31.1 Å². The molecule has 3 aromatic carbocycles. The highest BCUT2D eigenvalue weighted by Crippen LogP contribution is 2.48. The van der Waals surface area contributed by atoms with E-state index in [0.717, 1.165) is 40.9 Å². The van der Waals surface area contributed by atoms with E-state index in [2.05, 4.69) is 95.9 Å². The predicted molar refractivity (Wildman–Crippen MR) is 142 cm³/mol. The van der Waals surface area contributed by atoms with Gasteiger partial charge in [-0.2, -0.15) is 0 Å². The van der Waals surface area contributed by atoms with Gasteiger partial charge in [0.2, 0.25) is 0 Å². The van der Waals surface area contributed by atoms with Gasteiger partial charge in [-0.25, -0.2) is 9.98 Å². The number of aromatic nitrogens is 1. The zero-order valence-corrected chi connectivity index (χ0v) is 20.4. The van der Waals surface area contributed by atoms with Crippen LogP contribution in [0.5, 0.6) is 0 Å². The van der Waals surface area contributed by atoms with Crippen LogP contribution in [-0.4, -0.2) is 33.9 Å². The first kappa shape index (κ1) is 20.8. The number of nitrogens with zero attached hydrogens (tertiary/aromatic N) is 3. The molecular formula is C27H26N4S2. The predicted octanol–water partition coefficient (Wildman–Crippen LogP) is 6.59. The minimum absolute atomic E-state index is 0.446. The summed E-state index contributed by atoms with van der Waals surface area (Å²) in [5.74, 6) is 0. The maximum Gasteiger partial charge on any atom is 0.183 e. The molecule has 4 nitrogen and oxygen atoms in total. The average Bonchev–Trinajstić information content (AvgIpc) is 3.47. The Kier molecular flexibility index (Phi) is 5.35. The molecule has 0 spiro atoms. The molecule has 2 heterocycles. The Morgan fingerprint density at radius 3 is 2.82 bits per heavy atom. The molecule has 0 radical (unpaired) electrons. The van der Waals surface area contributed by atoms with Crippen molar-refractivity contribution >= 4 is 49.3 Å². The van der Waals surface area contributed by atoms with E-state index in [0.29, 0.717) is 11.3 Å². The fraction of sp³-hybridized carbons (Fsp3) is 0.259. The molecular weight excluding hydrogens is 444 g/mol. The fourth-order valence-corrected chi connectivity index (χ4v) is 7.23. The Balaban J connectivity index is 1.08. The van der Waals surface area contributed by atoms with Crippen molar-refractivity contribution in [2.24, 2.45) is 4.99 Å². The average molecular weight is 471 g/mol. The highest BCUT2D eigenvalue weighted by atomic mass is 32.2. The maximum absolute atomic E-state index is 4.98. The van der Waals surface area contributed by atoms with Crippen LogP contribution in [0, 0.1) is 6.92 Å². The van der Waals surface area contributed by atoms with Crippen LogP contribution in [0.15, 0.2) is 71.7 Å². The van der Waals surface area contributed by atoms with Crippen LogP contribution in [0.2, 0.25) is 0 Å². The first-order chi connectivity index (χ1) is 16.1. The van der Waals surface area contributed by atoms with Gasteiger partial charge in [0.25, 0.3) is 0 Å². The van der Waals surface area contributed by atoms with E-state index in [4.69, 9.17) is 4.99 Å². The lowest BCUT2D eigenvalue weighted by molar-refractivity contribution is 0.402. The van der Waals surface area contributed by atoms with Crippen LogP contribution in [0.1, 0.15) is 28.3 Å². The molecule has 1 N–H and O–H groups in total. The molecule has 2 atom stereocenters. The highest BCUT2D eigenvalue weighted by Gasteiger charge is 2.43. The van der Waals surface area contributed by atoms with Crippen LogP contribution >= 0.6 is 23.1 Å². The largest absolute Gasteiger partial charge is 0.361 e. The first-order valence-electron chi connectivity index (χ1n) is 11.4. The van der Waals surface area contributed by atoms with Crippen molar-refractivity contribution in [2.75, 3.05) is 18.9 Å². The van der Waals surface area contributed by atoms with E-state index < -0.39 is 0 Å². The molecule has 0 amide bonds. The summed E-state index contributed by atoms with van der Waals surface area (Å²) in [6.45, 7) is 2.99. The summed E-state index contributed by atoms with van der Waals surface area (Å²) in [5.41, 5.74) is 7.63. The van der Waals surface area contributed by atoms with Gasteiger partial charge in [-0.15, -0.1) is 0 Å². The van der Waals surface area contributed by atoms with Crippen molar-refractivity contribution in [3.63, 3.8) is 0 Å². The van der Waals surface area contributed by atoms with Gasteiger partial charge >= 0.3 is 0 Å². The van der Waals surface area contributed by atoms with Gasteiger partial charge in [0.1, 0.15) is 0 Å². The van der Waals surface area contributed by atoms with Gasteiger partial charge in [0.15, 0.2) is 10.3 Å². The van der Waals surface area contributed by atoms with Crippen LogP contribution < -0.4 is 5.32 Å². The molecule has 4 aromatic rings. The van der Waals surface area contributed by atoms with Gasteiger partial charge in [0, 0.05) is 18.8 Å². The number of anilines is 1. The third-order valence-corrected chi connectivity index (χ3v) is 8.81. The van der Waals surface area contributed by atoms with Gasteiger partial charge < -0.3 is 10.2 Å².